The SMILES string of the molecule is C/C(=C\C=C(/C)NCN)CC(=O)O. The first-order valence-corrected chi connectivity index (χ1v) is 4.06. The topological polar surface area (TPSA) is 75.3 Å². The van der Waals surface area contributed by atoms with Crippen molar-refractivity contribution in [2.24, 2.45) is 5.73 Å². The van der Waals surface area contributed by atoms with Gasteiger partial charge in [0.05, 0.1) is 13.1 Å². The minimum absolute atomic E-state index is 0.0758. The standard InChI is InChI=1S/C9H16N2O2/c1-7(5-9(12)13)3-4-8(2)11-6-10/h3-4,11H,5-6,10H2,1-2H3,(H,12,13)/b7-3+,8-4+. The van der Waals surface area contributed by atoms with Crippen molar-refractivity contribution in [3.8, 4) is 0 Å². The lowest BCUT2D eigenvalue weighted by molar-refractivity contribution is -0.136. The second-order valence-electron chi connectivity index (χ2n) is 2.81. The van der Waals surface area contributed by atoms with E-state index in [1.807, 2.05) is 13.0 Å². The lowest BCUT2D eigenvalue weighted by atomic mass is 10.2. The van der Waals surface area contributed by atoms with E-state index in [0.29, 0.717) is 6.67 Å². The minimum Gasteiger partial charge on any atom is -0.481 e. The first-order chi connectivity index (χ1) is 6.06. The van der Waals surface area contributed by atoms with Gasteiger partial charge in [-0.25, -0.2) is 0 Å². The van der Waals surface area contributed by atoms with Gasteiger partial charge in [-0.2, -0.15) is 0 Å². The smallest absolute Gasteiger partial charge is 0.307 e. The molecule has 0 aliphatic carbocycles. The van der Waals surface area contributed by atoms with Crippen molar-refractivity contribution in [2.45, 2.75) is 20.3 Å². The van der Waals surface area contributed by atoms with Crippen LogP contribution in [0.1, 0.15) is 20.3 Å². The average Bonchev–Trinajstić information content (AvgIpc) is 2.00. The van der Waals surface area contributed by atoms with E-state index in [-0.39, 0.29) is 6.42 Å². The number of allylic oxidation sites excluding steroid dienone is 3. The summed E-state index contributed by atoms with van der Waals surface area (Å²) in [5.74, 6) is -0.813. The van der Waals surface area contributed by atoms with E-state index in [1.54, 1.807) is 13.0 Å². The number of carbonyl (C=O) groups is 1. The van der Waals surface area contributed by atoms with Gasteiger partial charge < -0.3 is 16.2 Å². The Morgan fingerprint density at radius 3 is 2.54 bits per heavy atom. The molecule has 4 heteroatoms. The summed E-state index contributed by atoms with van der Waals surface area (Å²) in [6, 6.07) is 0. The zero-order chi connectivity index (χ0) is 10.3. The van der Waals surface area contributed by atoms with E-state index < -0.39 is 5.97 Å². The molecule has 0 aromatic heterocycles. The Morgan fingerprint density at radius 2 is 2.08 bits per heavy atom. The summed E-state index contributed by atoms with van der Waals surface area (Å²) in [5, 5.41) is 11.4. The lowest BCUT2D eigenvalue weighted by Crippen LogP contribution is -2.19. The second kappa shape index (κ2) is 6.25. The molecule has 0 spiro atoms. The van der Waals surface area contributed by atoms with E-state index >= 15 is 0 Å². The predicted molar refractivity (Wildman–Crippen MR) is 52.0 cm³/mol. The Labute approximate surface area is 78.1 Å². The van der Waals surface area contributed by atoms with Gasteiger partial charge in [-0.1, -0.05) is 11.6 Å². The zero-order valence-electron chi connectivity index (χ0n) is 8.00. The fourth-order valence-corrected chi connectivity index (χ4v) is 0.785. The van der Waals surface area contributed by atoms with Crippen LogP contribution in [-0.4, -0.2) is 17.7 Å². The zero-order valence-corrected chi connectivity index (χ0v) is 8.00. The molecule has 0 bridgehead atoms. The average molecular weight is 184 g/mol. The lowest BCUT2D eigenvalue weighted by Gasteiger charge is -2.00. The highest BCUT2D eigenvalue weighted by atomic mass is 16.4. The first kappa shape index (κ1) is 11.7. The summed E-state index contributed by atoms with van der Waals surface area (Å²) in [5.41, 5.74) is 6.98. The van der Waals surface area contributed by atoms with Crippen molar-refractivity contribution >= 4 is 5.97 Å². The summed E-state index contributed by atoms with van der Waals surface area (Å²) >= 11 is 0. The van der Waals surface area contributed by atoms with Gasteiger partial charge in [-0.3, -0.25) is 4.79 Å². The van der Waals surface area contributed by atoms with Crippen LogP contribution < -0.4 is 11.1 Å². The van der Waals surface area contributed by atoms with Gasteiger partial charge in [0, 0.05) is 5.70 Å². The summed E-state index contributed by atoms with van der Waals surface area (Å²) in [6.07, 6.45) is 3.66. The van der Waals surface area contributed by atoms with Crippen molar-refractivity contribution in [3.63, 3.8) is 0 Å². The van der Waals surface area contributed by atoms with E-state index in [4.69, 9.17) is 10.8 Å². The minimum atomic E-state index is -0.813. The van der Waals surface area contributed by atoms with Crippen molar-refractivity contribution in [3.05, 3.63) is 23.4 Å². The van der Waals surface area contributed by atoms with Crippen molar-refractivity contribution in [1.82, 2.24) is 5.32 Å². The molecular formula is C9H16N2O2. The molecule has 0 saturated carbocycles. The van der Waals surface area contributed by atoms with Gasteiger partial charge in [-0.05, 0) is 19.9 Å². The maximum Gasteiger partial charge on any atom is 0.307 e. The molecule has 0 radical (unpaired) electrons. The Balaban J connectivity index is 4.07. The maximum atomic E-state index is 10.3. The molecule has 0 fully saturated rings. The molecule has 74 valence electrons. The Kier molecular flexibility index (Phi) is 5.63. The van der Waals surface area contributed by atoms with E-state index in [9.17, 15) is 4.79 Å². The van der Waals surface area contributed by atoms with Crippen LogP contribution in [0.4, 0.5) is 0 Å². The number of rotatable bonds is 5. The molecule has 0 saturated heterocycles. The number of nitrogens with one attached hydrogen (secondary N) is 1. The summed E-state index contributed by atoms with van der Waals surface area (Å²) in [7, 11) is 0. The van der Waals surface area contributed by atoms with Gasteiger partial charge in [0.1, 0.15) is 0 Å². The molecule has 0 atom stereocenters. The molecule has 0 amide bonds. The third kappa shape index (κ3) is 7.08. The highest BCUT2D eigenvalue weighted by Gasteiger charge is 1.96. The summed E-state index contributed by atoms with van der Waals surface area (Å²) in [6.45, 7) is 4.03. The quantitative estimate of drug-likeness (QED) is 0.436. The fourth-order valence-electron chi connectivity index (χ4n) is 0.785. The number of hydrogen-bond acceptors (Lipinski definition) is 3. The van der Waals surface area contributed by atoms with Gasteiger partial charge in [-0.15, -0.1) is 0 Å². The maximum absolute atomic E-state index is 10.3. The number of hydrogen-bond donors (Lipinski definition) is 3. The molecular weight excluding hydrogens is 168 g/mol. The Hall–Kier alpha value is -1.29. The van der Waals surface area contributed by atoms with Crippen molar-refractivity contribution in [1.29, 1.82) is 0 Å². The number of carboxylic acid groups (broad SMARTS) is 1. The van der Waals surface area contributed by atoms with E-state index in [1.165, 1.54) is 0 Å². The molecule has 0 aromatic carbocycles. The van der Waals surface area contributed by atoms with Crippen LogP contribution in [0.25, 0.3) is 0 Å². The largest absolute Gasteiger partial charge is 0.481 e. The Morgan fingerprint density at radius 1 is 1.46 bits per heavy atom. The summed E-state index contributed by atoms with van der Waals surface area (Å²) < 4.78 is 0. The van der Waals surface area contributed by atoms with Crippen LogP contribution in [-0.2, 0) is 4.79 Å². The van der Waals surface area contributed by atoms with E-state index in [2.05, 4.69) is 5.32 Å². The third-order valence-electron chi connectivity index (χ3n) is 1.43. The summed E-state index contributed by atoms with van der Waals surface area (Å²) in [4.78, 5) is 10.3. The molecule has 13 heavy (non-hydrogen) atoms. The highest BCUT2D eigenvalue weighted by molar-refractivity contribution is 5.69. The van der Waals surface area contributed by atoms with Crippen LogP contribution in [0, 0.1) is 0 Å². The number of aliphatic carboxylic acids is 1. The molecule has 0 unspecified atom stereocenters. The third-order valence-corrected chi connectivity index (χ3v) is 1.43. The highest BCUT2D eigenvalue weighted by Crippen LogP contribution is 2.00. The Bertz CT molecular complexity index is 232. The second-order valence-corrected chi connectivity index (χ2v) is 2.81. The molecule has 0 aromatic rings. The van der Waals surface area contributed by atoms with Gasteiger partial charge >= 0.3 is 5.97 Å². The monoisotopic (exact) mass is 184 g/mol. The predicted octanol–water partition coefficient (Wildman–Crippen LogP) is 0.817. The molecule has 4 nitrogen and oxygen atoms in total. The van der Waals surface area contributed by atoms with Gasteiger partial charge in [0.2, 0.25) is 0 Å². The number of carboxylic acids is 1. The fraction of sp³-hybridized carbons (Fsp3) is 0.444. The normalized spacial score (nSPS) is 12.8. The van der Waals surface area contributed by atoms with Crippen LogP contribution in [0.2, 0.25) is 0 Å². The molecule has 0 aliphatic rings. The van der Waals surface area contributed by atoms with E-state index in [0.717, 1.165) is 11.3 Å². The molecule has 0 heterocycles. The van der Waals surface area contributed by atoms with Crippen LogP contribution in [0.3, 0.4) is 0 Å². The van der Waals surface area contributed by atoms with Crippen molar-refractivity contribution < 1.29 is 9.90 Å². The molecule has 0 aliphatic heterocycles. The van der Waals surface area contributed by atoms with Crippen LogP contribution in [0.15, 0.2) is 23.4 Å². The number of nitrogens with two attached hydrogens (primary N) is 1. The van der Waals surface area contributed by atoms with Crippen LogP contribution in [0.5, 0.6) is 0 Å². The van der Waals surface area contributed by atoms with Gasteiger partial charge in [0.15, 0.2) is 0 Å². The molecule has 4 N–H and O–H groups in total. The van der Waals surface area contributed by atoms with Gasteiger partial charge in [0.25, 0.3) is 0 Å². The van der Waals surface area contributed by atoms with Crippen molar-refractivity contribution in [2.75, 3.05) is 6.67 Å². The first-order valence-electron chi connectivity index (χ1n) is 4.06. The molecule has 0 rings (SSSR count). The van der Waals surface area contributed by atoms with Crippen LogP contribution >= 0.6 is 0 Å².